The average Bonchev–Trinajstić information content (AvgIpc) is 3.38. The van der Waals surface area contributed by atoms with Crippen LogP contribution in [0.25, 0.3) is 33.1 Å². The first kappa shape index (κ1) is 35.0. The lowest BCUT2D eigenvalue weighted by atomic mass is 9.78. The van der Waals surface area contributed by atoms with E-state index >= 15 is 0 Å². The molecule has 0 atom stereocenters. The van der Waals surface area contributed by atoms with Crippen LogP contribution in [0.4, 0.5) is 0 Å². The van der Waals surface area contributed by atoms with Crippen molar-refractivity contribution in [3.8, 4) is 22.9 Å². The maximum absolute atomic E-state index is 12.9. The minimum Gasteiger partial charge on any atom is -0.487 e. The highest BCUT2D eigenvalue weighted by atomic mass is 32.2. The Bertz CT molecular complexity index is 2110. The third-order valence-corrected chi connectivity index (χ3v) is 10.6. The van der Waals surface area contributed by atoms with Crippen molar-refractivity contribution < 1.29 is 19.4 Å². The summed E-state index contributed by atoms with van der Waals surface area (Å²) < 4.78 is 13.7. The van der Waals surface area contributed by atoms with Crippen molar-refractivity contribution in [2.24, 2.45) is 5.41 Å². The van der Waals surface area contributed by atoms with Crippen LogP contribution >= 0.6 is 11.8 Å². The number of rotatable bonds is 13. The van der Waals surface area contributed by atoms with Gasteiger partial charge in [0, 0.05) is 56.2 Å². The fraction of sp³-hybridized carbons (Fsp3) is 0.317. The summed E-state index contributed by atoms with van der Waals surface area (Å²) >= 11 is 1.78. The van der Waals surface area contributed by atoms with Crippen LogP contribution in [0.2, 0.25) is 0 Å². The molecule has 3 aromatic heterocycles. The lowest BCUT2D eigenvalue weighted by Gasteiger charge is -2.29. The summed E-state index contributed by atoms with van der Waals surface area (Å²) in [6, 6.07) is 30.4. The van der Waals surface area contributed by atoms with Gasteiger partial charge in [-0.25, -0.2) is 4.98 Å². The van der Waals surface area contributed by atoms with E-state index in [1.807, 2.05) is 50.2 Å². The van der Waals surface area contributed by atoms with Crippen LogP contribution in [-0.2, 0) is 24.4 Å². The Hall–Kier alpha value is -4.89. The number of methoxy groups -OCH3 is 1. The standard InChI is InChI=1S/C41H44N4O4S/c1-7-41(8-2,39(46)47)24-36-38(50-40(3,4)5)32-23-31(49-26-30-18-17-28-11-9-10-12-33(28)42-30)19-21-35(32)45(36)25-27-13-15-29(16-14-27)34-20-22-37(48-6)44-43-34/h9-23H,7-8,24-26H2,1-6H3,(H,46,47). The molecular formula is C41H44N4O4S. The number of ether oxygens (including phenoxy) is 2. The molecule has 0 fully saturated rings. The van der Waals surface area contributed by atoms with Gasteiger partial charge in [-0.05, 0) is 54.8 Å². The molecule has 0 unspecified atom stereocenters. The molecular weight excluding hydrogens is 645 g/mol. The molecule has 6 aromatic rings. The molecule has 3 aromatic carbocycles. The van der Waals surface area contributed by atoms with Crippen LogP contribution in [0.1, 0.15) is 64.4 Å². The number of nitrogens with zero attached hydrogens (tertiary/aromatic N) is 4. The van der Waals surface area contributed by atoms with E-state index in [1.54, 1.807) is 24.9 Å². The SMILES string of the molecule is CCC(CC)(Cc1c(SC(C)(C)C)c2cc(OCc3ccc4ccccc4n3)ccc2n1Cc1ccc(-c2ccc(OC)nn2)cc1)C(=O)O. The summed E-state index contributed by atoms with van der Waals surface area (Å²) in [7, 11) is 1.57. The van der Waals surface area contributed by atoms with E-state index in [0.29, 0.717) is 38.3 Å². The molecule has 0 saturated heterocycles. The number of carbonyl (C=O) groups is 1. The number of aromatic nitrogens is 4. The number of thioether (sulfide) groups is 1. The highest BCUT2D eigenvalue weighted by Gasteiger charge is 2.38. The zero-order valence-corrected chi connectivity index (χ0v) is 30.4. The zero-order valence-electron chi connectivity index (χ0n) is 29.6. The molecule has 0 aliphatic carbocycles. The quantitative estimate of drug-likeness (QED) is 0.120. The van der Waals surface area contributed by atoms with Crippen LogP contribution in [0.5, 0.6) is 11.6 Å². The number of hydrogen-bond acceptors (Lipinski definition) is 7. The van der Waals surface area contributed by atoms with E-state index < -0.39 is 11.4 Å². The Labute approximate surface area is 297 Å². The largest absolute Gasteiger partial charge is 0.487 e. The topological polar surface area (TPSA) is 99.4 Å². The van der Waals surface area contributed by atoms with Crippen molar-refractivity contribution in [2.45, 2.75) is 76.7 Å². The van der Waals surface area contributed by atoms with Crippen molar-refractivity contribution in [1.82, 2.24) is 19.7 Å². The number of hydrogen-bond donors (Lipinski definition) is 1. The van der Waals surface area contributed by atoms with Crippen molar-refractivity contribution in [2.75, 3.05) is 7.11 Å². The summed E-state index contributed by atoms with van der Waals surface area (Å²) in [5.41, 5.74) is 5.78. The highest BCUT2D eigenvalue weighted by Crippen LogP contribution is 2.45. The number of para-hydroxylation sites is 1. The van der Waals surface area contributed by atoms with Gasteiger partial charge in [-0.3, -0.25) is 4.79 Å². The first-order chi connectivity index (χ1) is 24.0. The second-order valence-corrected chi connectivity index (χ2v) is 15.5. The second kappa shape index (κ2) is 14.5. The second-order valence-electron chi connectivity index (χ2n) is 13.7. The molecule has 1 N–H and O–H groups in total. The van der Waals surface area contributed by atoms with Crippen molar-refractivity contribution in [3.05, 3.63) is 108 Å². The Kier molecular flexibility index (Phi) is 10.2. The predicted molar refractivity (Wildman–Crippen MR) is 201 cm³/mol. The van der Waals surface area contributed by atoms with Crippen molar-refractivity contribution >= 4 is 39.5 Å². The van der Waals surface area contributed by atoms with E-state index in [9.17, 15) is 9.90 Å². The molecule has 9 heteroatoms. The molecule has 6 rings (SSSR count). The van der Waals surface area contributed by atoms with Crippen LogP contribution in [-0.4, -0.2) is 42.7 Å². The van der Waals surface area contributed by atoms with Gasteiger partial charge in [-0.1, -0.05) is 83.1 Å². The zero-order chi connectivity index (χ0) is 35.5. The van der Waals surface area contributed by atoms with E-state index in [0.717, 1.165) is 60.7 Å². The monoisotopic (exact) mass is 688 g/mol. The smallest absolute Gasteiger partial charge is 0.310 e. The summed E-state index contributed by atoms with van der Waals surface area (Å²) in [6.07, 6.45) is 1.48. The minimum atomic E-state index is -0.892. The van der Waals surface area contributed by atoms with Crippen LogP contribution in [0.15, 0.2) is 95.9 Å². The van der Waals surface area contributed by atoms with E-state index in [-0.39, 0.29) is 4.75 Å². The van der Waals surface area contributed by atoms with Crippen LogP contribution in [0.3, 0.4) is 0 Å². The van der Waals surface area contributed by atoms with Crippen LogP contribution < -0.4 is 9.47 Å². The van der Waals surface area contributed by atoms with E-state index in [1.165, 1.54) is 0 Å². The summed E-state index contributed by atoms with van der Waals surface area (Å²) in [5.74, 6) is 0.451. The van der Waals surface area contributed by atoms with Gasteiger partial charge in [-0.2, -0.15) is 0 Å². The fourth-order valence-electron chi connectivity index (χ4n) is 6.31. The Morgan fingerprint density at radius 3 is 2.32 bits per heavy atom. The first-order valence-corrected chi connectivity index (χ1v) is 17.9. The van der Waals surface area contributed by atoms with Crippen molar-refractivity contribution in [1.29, 1.82) is 0 Å². The number of benzene rings is 3. The average molecular weight is 689 g/mol. The molecule has 258 valence electrons. The Balaban J connectivity index is 1.41. The lowest BCUT2D eigenvalue weighted by molar-refractivity contribution is -0.149. The normalized spacial score (nSPS) is 12.0. The highest BCUT2D eigenvalue weighted by molar-refractivity contribution is 8.00. The molecule has 50 heavy (non-hydrogen) atoms. The van der Waals surface area contributed by atoms with E-state index in [4.69, 9.17) is 14.5 Å². The first-order valence-electron chi connectivity index (χ1n) is 17.0. The maximum Gasteiger partial charge on any atom is 0.310 e. The van der Waals surface area contributed by atoms with Gasteiger partial charge in [-0.15, -0.1) is 22.0 Å². The Morgan fingerprint density at radius 2 is 1.66 bits per heavy atom. The van der Waals surface area contributed by atoms with Crippen molar-refractivity contribution in [3.63, 3.8) is 0 Å². The van der Waals surface area contributed by atoms with Gasteiger partial charge in [0.05, 0.1) is 29.4 Å². The van der Waals surface area contributed by atoms with Gasteiger partial charge in [0.15, 0.2) is 0 Å². The van der Waals surface area contributed by atoms with Gasteiger partial charge in [0.1, 0.15) is 12.4 Å². The molecule has 8 nitrogen and oxygen atoms in total. The summed E-state index contributed by atoms with van der Waals surface area (Å²) in [5, 5.41) is 21.1. The van der Waals surface area contributed by atoms with Gasteiger partial charge >= 0.3 is 5.97 Å². The van der Waals surface area contributed by atoms with Gasteiger partial charge < -0.3 is 19.1 Å². The molecule has 0 spiro atoms. The molecule has 0 aliphatic rings. The number of carboxylic acids is 1. The van der Waals surface area contributed by atoms with Gasteiger partial charge in [0.25, 0.3) is 0 Å². The Morgan fingerprint density at radius 1 is 0.900 bits per heavy atom. The summed E-state index contributed by atoms with van der Waals surface area (Å²) in [4.78, 5) is 18.8. The molecule has 0 aliphatic heterocycles. The third kappa shape index (κ3) is 7.48. The predicted octanol–water partition coefficient (Wildman–Crippen LogP) is 9.61. The molecule has 0 amide bonds. The molecule has 0 saturated carbocycles. The maximum atomic E-state index is 12.9. The molecule has 0 radical (unpaired) electrons. The number of pyridine rings is 1. The summed E-state index contributed by atoms with van der Waals surface area (Å²) in [6.45, 7) is 11.5. The minimum absolute atomic E-state index is 0.120. The lowest BCUT2D eigenvalue weighted by Crippen LogP contribution is -2.33. The fourth-order valence-corrected chi connectivity index (χ4v) is 7.50. The van der Waals surface area contributed by atoms with Crippen LogP contribution in [0, 0.1) is 5.41 Å². The van der Waals surface area contributed by atoms with E-state index in [2.05, 4.69) is 84.1 Å². The molecule has 0 bridgehead atoms. The number of fused-ring (bicyclic) bond motifs is 2. The van der Waals surface area contributed by atoms with Gasteiger partial charge in [0.2, 0.25) is 5.88 Å². The molecule has 3 heterocycles. The third-order valence-electron chi connectivity index (χ3n) is 9.30. The number of aliphatic carboxylic acids is 1. The number of carboxylic acid groups (broad SMARTS) is 1.